The maximum atomic E-state index is 12.8. The van der Waals surface area contributed by atoms with Crippen LogP contribution in [-0.4, -0.2) is 39.6 Å². The first-order valence-corrected chi connectivity index (χ1v) is 10.5. The summed E-state index contributed by atoms with van der Waals surface area (Å²) in [6.45, 7) is 4.04. The fraction of sp³-hybridized carbons (Fsp3) is 0.381. The van der Waals surface area contributed by atoms with Crippen molar-refractivity contribution >= 4 is 45.8 Å². The molecule has 0 saturated carbocycles. The van der Waals surface area contributed by atoms with Crippen LogP contribution in [0.25, 0.3) is 17.0 Å². The van der Waals surface area contributed by atoms with Gasteiger partial charge in [0, 0.05) is 30.2 Å². The number of thioether (sulfide) groups is 1. The fourth-order valence-corrected chi connectivity index (χ4v) is 4.61. The SMILES string of the molecule is CCc1cccc2c(/C=C3\SC(=O)NC3=O)cn(CC(=O)N3CCCCC3)c12. The Morgan fingerprint density at radius 2 is 2.00 bits per heavy atom. The molecule has 0 aliphatic carbocycles. The van der Waals surface area contributed by atoms with Crippen LogP contribution in [0.4, 0.5) is 4.79 Å². The van der Waals surface area contributed by atoms with Gasteiger partial charge in [-0.25, -0.2) is 0 Å². The van der Waals surface area contributed by atoms with Gasteiger partial charge in [-0.1, -0.05) is 25.1 Å². The molecule has 2 aliphatic rings. The van der Waals surface area contributed by atoms with Crippen molar-refractivity contribution in [1.29, 1.82) is 0 Å². The van der Waals surface area contributed by atoms with E-state index in [9.17, 15) is 14.4 Å². The summed E-state index contributed by atoms with van der Waals surface area (Å²) < 4.78 is 2.00. The standard InChI is InChI=1S/C21H23N3O3S/c1-2-14-7-6-8-16-15(11-17-20(26)22-21(27)28-17)12-24(19(14)16)13-18(25)23-9-4-3-5-10-23/h6-8,11-12H,2-5,9-10,13H2,1H3,(H,22,26,27)/b17-11-. The van der Waals surface area contributed by atoms with Crippen molar-refractivity contribution in [3.8, 4) is 0 Å². The van der Waals surface area contributed by atoms with Crippen molar-refractivity contribution in [2.45, 2.75) is 39.2 Å². The number of imide groups is 1. The zero-order valence-electron chi connectivity index (χ0n) is 15.9. The van der Waals surface area contributed by atoms with Gasteiger partial charge in [-0.2, -0.15) is 0 Å². The van der Waals surface area contributed by atoms with Gasteiger partial charge in [-0.3, -0.25) is 19.7 Å². The zero-order valence-corrected chi connectivity index (χ0v) is 16.7. The van der Waals surface area contributed by atoms with Gasteiger partial charge in [0.25, 0.3) is 11.1 Å². The van der Waals surface area contributed by atoms with E-state index in [0.29, 0.717) is 4.91 Å². The highest BCUT2D eigenvalue weighted by atomic mass is 32.2. The Balaban J connectivity index is 1.73. The molecule has 1 N–H and O–H groups in total. The van der Waals surface area contributed by atoms with Crippen LogP contribution in [0, 0.1) is 0 Å². The molecule has 28 heavy (non-hydrogen) atoms. The number of likely N-dealkylation sites (tertiary alicyclic amines) is 1. The van der Waals surface area contributed by atoms with Crippen LogP contribution in [0.3, 0.4) is 0 Å². The Bertz CT molecular complexity index is 986. The molecule has 0 unspecified atom stereocenters. The topological polar surface area (TPSA) is 71.4 Å². The Kier molecular flexibility index (Phi) is 5.26. The first-order valence-electron chi connectivity index (χ1n) is 9.70. The zero-order chi connectivity index (χ0) is 19.7. The molecule has 0 bridgehead atoms. The van der Waals surface area contributed by atoms with Gasteiger partial charge in [0.05, 0.1) is 10.4 Å². The second-order valence-corrected chi connectivity index (χ2v) is 8.19. The van der Waals surface area contributed by atoms with Gasteiger partial charge in [0.2, 0.25) is 5.91 Å². The smallest absolute Gasteiger partial charge is 0.290 e. The number of carbonyl (C=O) groups is 3. The van der Waals surface area contributed by atoms with Gasteiger partial charge in [-0.05, 0) is 49.1 Å². The number of para-hydroxylation sites is 1. The monoisotopic (exact) mass is 397 g/mol. The number of carbonyl (C=O) groups excluding carboxylic acids is 3. The number of benzene rings is 1. The summed E-state index contributed by atoms with van der Waals surface area (Å²) in [5.74, 6) is -0.239. The first-order chi connectivity index (χ1) is 13.6. The third-order valence-corrected chi connectivity index (χ3v) is 6.15. The normalized spacial score (nSPS) is 18.9. The molecule has 2 saturated heterocycles. The minimum absolute atomic E-state index is 0.130. The lowest BCUT2D eigenvalue weighted by molar-refractivity contribution is -0.132. The quantitative estimate of drug-likeness (QED) is 0.801. The molecule has 1 aromatic carbocycles. The van der Waals surface area contributed by atoms with E-state index >= 15 is 0 Å². The highest BCUT2D eigenvalue weighted by molar-refractivity contribution is 8.18. The van der Waals surface area contributed by atoms with E-state index in [1.807, 2.05) is 27.8 Å². The van der Waals surface area contributed by atoms with Crippen LogP contribution in [-0.2, 0) is 22.6 Å². The molecule has 4 rings (SSSR count). The number of amides is 3. The Morgan fingerprint density at radius 3 is 2.68 bits per heavy atom. The molecular formula is C21H23N3O3S. The largest absolute Gasteiger partial charge is 0.341 e. The minimum atomic E-state index is -0.369. The lowest BCUT2D eigenvalue weighted by atomic mass is 10.1. The highest BCUT2D eigenvalue weighted by Gasteiger charge is 2.26. The lowest BCUT2D eigenvalue weighted by Gasteiger charge is -2.27. The molecule has 0 radical (unpaired) electrons. The maximum absolute atomic E-state index is 12.8. The summed E-state index contributed by atoms with van der Waals surface area (Å²) in [6, 6.07) is 6.07. The number of hydrogen-bond acceptors (Lipinski definition) is 4. The van der Waals surface area contributed by atoms with Gasteiger partial charge in [-0.15, -0.1) is 0 Å². The van der Waals surface area contributed by atoms with Crippen LogP contribution in [0.2, 0.25) is 0 Å². The molecule has 7 heteroatoms. The maximum Gasteiger partial charge on any atom is 0.290 e. The summed E-state index contributed by atoms with van der Waals surface area (Å²) in [6.07, 6.45) is 7.84. The number of nitrogens with one attached hydrogen (secondary N) is 1. The number of piperidine rings is 1. The number of rotatable bonds is 4. The molecule has 3 amide bonds. The summed E-state index contributed by atoms with van der Waals surface area (Å²) in [4.78, 5) is 38.6. The Morgan fingerprint density at radius 1 is 1.21 bits per heavy atom. The van der Waals surface area contributed by atoms with Gasteiger partial charge >= 0.3 is 0 Å². The predicted molar refractivity (Wildman–Crippen MR) is 111 cm³/mol. The second kappa shape index (κ2) is 7.83. The fourth-order valence-electron chi connectivity index (χ4n) is 3.94. The second-order valence-electron chi connectivity index (χ2n) is 7.17. The molecule has 2 fully saturated rings. The van der Waals surface area contributed by atoms with Crippen molar-refractivity contribution in [3.05, 3.63) is 40.4 Å². The molecule has 2 aliphatic heterocycles. The lowest BCUT2D eigenvalue weighted by Crippen LogP contribution is -2.37. The number of aryl methyl sites for hydroxylation is 1. The predicted octanol–water partition coefficient (Wildman–Crippen LogP) is 3.54. The Hall–Kier alpha value is -2.54. The van der Waals surface area contributed by atoms with E-state index in [1.54, 1.807) is 6.08 Å². The highest BCUT2D eigenvalue weighted by Crippen LogP contribution is 2.31. The third kappa shape index (κ3) is 3.58. The molecule has 3 heterocycles. The van der Waals surface area contributed by atoms with Gasteiger partial charge in [0.1, 0.15) is 6.54 Å². The number of nitrogens with zero attached hydrogens (tertiary/aromatic N) is 2. The molecule has 6 nitrogen and oxygen atoms in total. The summed E-state index contributed by atoms with van der Waals surface area (Å²) in [5, 5.41) is 2.93. The van der Waals surface area contributed by atoms with Crippen molar-refractivity contribution in [2.75, 3.05) is 13.1 Å². The third-order valence-electron chi connectivity index (χ3n) is 5.34. The van der Waals surface area contributed by atoms with Crippen molar-refractivity contribution in [1.82, 2.24) is 14.8 Å². The molecule has 1 aromatic heterocycles. The minimum Gasteiger partial charge on any atom is -0.341 e. The van der Waals surface area contributed by atoms with Crippen molar-refractivity contribution < 1.29 is 14.4 Å². The summed E-state index contributed by atoms with van der Waals surface area (Å²) in [5.41, 5.74) is 3.04. The van der Waals surface area contributed by atoms with Crippen LogP contribution < -0.4 is 5.32 Å². The van der Waals surface area contributed by atoms with E-state index < -0.39 is 0 Å². The average Bonchev–Trinajstić information content (AvgIpc) is 3.21. The first kappa shape index (κ1) is 18.8. The Labute approximate surface area is 167 Å². The van der Waals surface area contributed by atoms with Crippen LogP contribution >= 0.6 is 11.8 Å². The van der Waals surface area contributed by atoms with Gasteiger partial charge < -0.3 is 9.47 Å². The van der Waals surface area contributed by atoms with Crippen LogP contribution in [0.1, 0.15) is 37.3 Å². The average molecular weight is 398 g/mol. The van der Waals surface area contributed by atoms with E-state index in [1.165, 1.54) is 6.42 Å². The molecule has 0 atom stereocenters. The summed E-state index contributed by atoms with van der Waals surface area (Å²) >= 11 is 0.910. The van der Waals surface area contributed by atoms with Crippen molar-refractivity contribution in [2.24, 2.45) is 0 Å². The number of hydrogen-bond donors (Lipinski definition) is 1. The number of aromatic nitrogens is 1. The summed E-state index contributed by atoms with van der Waals surface area (Å²) in [7, 11) is 0. The van der Waals surface area contributed by atoms with Gasteiger partial charge in [0.15, 0.2) is 0 Å². The van der Waals surface area contributed by atoms with Crippen molar-refractivity contribution in [3.63, 3.8) is 0 Å². The van der Waals surface area contributed by atoms with E-state index in [0.717, 1.165) is 66.1 Å². The van der Waals surface area contributed by atoms with Crippen LogP contribution in [0.5, 0.6) is 0 Å². The van der Waals surface area contributed by atoms with E-state index in [4.69, 9.17) is 0 Å². The molecule has 2 aromatic rings. The van der Waals surface area contributed by atoms with E-state index in [2.05, 4.69) is 18.3 Å². The number of fused-ring (bicyclic) bond motifs is 1. The van der Waals surface area contributed by atoms with Crippen LogP contribution in [0.15, 0.2) is 29.3 Å². The molecular weight excluding hydrogens is 374 g/mol. The molecule has 146 valence electrons. The molecule has 0 spiro atoms. The van der Waals surface area contributed by atoms with E-state index in [-0.39, 0.29) is 23.6 Å².